The van der Waals surface area contributed by atoms with Crippen molar-refractivity contribution >= 4 is 5.69 Å². The maximum absolute atomic E-state index is 7.00. The Balaban J connectivity index is 0.000000514. The monoisotopic (exact) mass is 234 g/mol. The van der Waals surface area contributed by atoms with E-state index in [0.717, 1.165) is 7.11 Å². The molecule has 1 unspecified atom stereocenters. The van der Waals surface area contributed by atoms with E-state index in [0.29, 0.717) is 5.41 Å². The second-order valence-electron chi connectivity index (χ2n) is 4.93. The smallest absolute Gasteiger partial charge is 0.0366 e. The molecule has 0 bridgehead atoms. The quantitative estimate of drug-likeness (QED) is 0.772. The first-order chi connectivity index (χ1) is 8.38. The number of aliphatic hydroxyl groups is 1. The second-order valence-corrected chi connectivity index (χ2v) is 4.93. The summed E-state index contributed by atoms with van der Waals surface area (Å²) in [4.78, 5) is 2.53. The summed E-state index contributed by atoms with van der Waals surface area (Å²) in [5, 5.41) is 10.5. The average Bonchev–Trinajstić information content (AvgIpc) is 3.04. The molecule has 2 fully saturated rings. The molecule has 94 valence electrons. The number of benzene rings is 1. The van der Waals surface area contributed by atoms with E-state index in [9.17, 15) is 0 Å². The fourth-order valence-electron chi connectivity index (χ4n) is 2.94. The number of nitrogens with zero attached hydrogens (tertiary/aromatic N) is 1. The van der Waals surface area contributed by atoms with Crippen LogP contribution >= 0.6 is 0 Å². The number of rotatable bonds is 1. The highest BCUT2D eigenvalue weighted by molar-refractivity contribution is 5.47. The lowest BCUT2D eigenvalue weighted by molar-refractivity contribution is 0.369. The zero-order valence-electron chi connectivity index (χ0n) is 10.5. The number of aliphatic hydroxyl groups excluding tert-OH is 1. The third-order valence-corrected chi connectivity index (χ3v) is 3.89. The average molecular weight is 234 g/mol. The lowest BCUT2D eigenvalue weighted by Crippen LogP contribution is -2.28. The summed E-state index contributed by atoms with van der Waals surface area (Å²) in [5.74, 6) is 0. The van der Waals surface area contributed by atoms with E-state index in [1.54, 1.807) is 0 Å². The summed E-state index contributed by atoms with van der Waals surface area (Å²) in [5.41, 5.74) is 1.97. The van der Waals surface area contributed by atoms with Crippen molar-refractivity contribution in [2.45, 2.75) is 12.8 Å². The van der Waals surface area contributed by atoms with Crippen LogP contribution in [0.4, 0.5) is 5.69 Å². The highest BCUT2D eigenvalue weighted by atomic mass is 16.2. The Labute approximate surface area is 103 Å². The first-order valence-electron chi connectivity index (χ1n) is 6.34. The summed E-state index contributed by atoms with van der Waals surface area (Å²) < 4.78 is 0. The van der Waals surface area contributed by atoms with Crippen molar-refractivity contribution in [2.24, 2.45) is 5.41 Å². The number of nitrogens with one attached hydrogen (secondary N) is 1. The maximum atomic E-state index is 7.00. The van der Waals surface area contributed by atoms with E-state index in [1.807, 2.05) is 0 Å². The summed E-state index contributed by atoms with van der Waals surface area (Å²) in [6, 6.07) is 10.8. The number of hydrogen-bond donors (Lipinski definition) is 2. The van der Waals surface area contributed by atoms with E-state index in [1.165, 1.54) is 44.7 Å². The maximum Gasteiger partial charge on any atom is 0.0366 e. The molecule has 1 atom stereocenters. The first kappa shape index (κ1) is 12.4. The van der Waals surface area contributed by atoms with Gasteiger partial charge in [0.25, 0.3) is 0 Å². The molecule has 2 aliphatic heterocycles. The minimum absolute atomic E-state index is 0.579. The van der Waals surface area contributed by atoms with Gasteiger partial charge in [-0.3, -0.25) is 0 Å². The molecule has 1 spiro atoms. The minimum Gasteiger partial charge on any atom is -0.400 e. The van der Waals surface area contributed by atoms with Gasteiger partial charge < -0.3 is 15.3 Å². The molecule has 17 heavy (non-hydrogen) atoms. The SMILES string of the molecule is CO.c1ccc(N2CCC3(CCNC3)C2)cc1. The van der Waals surface area contributed by atoms with Crippen LogP contribution in [0.25, 0.3) is 0 Å². The highest BCUT2D eigenvalue weighted by Crippen LogP contribution is 2.37. The first-order valence-corrected chi connectivity index (χ1v) is 6.34. The van der Waals surface area contributed by atoms with Gasteiger partial charge in [-0.2, -0.15) is 0 Å². The predicted molar refractivity (Wildman–Crippen MR) is 71.3 cm³/mol. The predicted octanol–water partition coefficient (Wildman–Crippen LogP) is 1.48. The normalized spacial score (nSPS) is 27.1. The van der Waals surface area contributed by atoms with E-state index in [-0.39, 0.29) is 0 Å². The Hall–Kier alpha value is -1.06. The number of para-hydroxylation sites is 1. The van der Waals surface area contributed by atoms with E-state index >= 15 is 0 Å². The molecular formula is C14H22N2O. The molecule has 0 aliphatic carbocycles. The van der Waals surface area contributed by atoms with Crippen molar-refractivity contribution in [1.29, 1.82) is 0 Å². The van der Waals surface area contributed by atoms with Crippen LogP contribution in [-0.2, 0) is 0 Å². The van der Waals surface area contributed by atoms with Gasteiger partial charge in [-0.25, -0.2) is 0 Å². The topological polar surface area (TPSA) is 35.5 Å². The van der Waals surface area contributed by atoms with Crippen LogP contribution in [0.5, 0.6) is 0 Å². The van der Waals surface area contributed by atoms with Gasteiger partial charge in [-0.1, -0.05) is 18.2 Å². The van der Waals surface area contributed by atoms with Crippen LogP contribution in [-0.4, -0.2) is 38.4 Å². The van der Waals surface area contributed by atoms with Crippen LogP contribution in [0.1, 0.15) is 12.8 Å². The van der Waals surface area contributed by atoms with Crippen molar-refractivity contribution in [3.8, 4) is 0 Å². The molecule has 3 nitrogen and oxygen atoms in total. The van der Waals surface area contributed by atoms with Crippen molar-refractivity contribution in [1.82, 2.24) is 5.32 Å². The van der Waals surface area contributed by atoms with Gasteiger partial charge in [0.1, 0.15) is 0 Å². The van der Waals surface area contributed by atoms with E-state index in [4.69, 9.17) is 5.11 Å². The lowest BCUT2D eigenvalue weighted by Gasteiger charge is -2.23. The van der Waals surface area contributed by atoms with Gasteiger partial charge in [-0.05, 0) is 31.5 Å². The molecule has 0 amide bonds. The third kappa shape index (κ3) is 2.61. The molecule has 2 aliphatic rings. The van der Waals surface area contributed by atoms with Gasteiger partial charge in [0.15, 0.2) is 0 Å². The highest BCUT2D eigenvalue weighted by Gasteiger charge is 2.40. The number of anilines is 1. The van der Waals surface area contributed by atoms with Crippen LogP contribution < -0.4 is 10.2 Å². The third-order valence-electron chi connectivity index (χ3n) is 3.89. The van der Waals surface area contributed by atoms with E-state index in [2.05, 4.69) is 40.5 Å². The van der Waals surface area contributed by atoms with Crippen molar-refractivity contribution < 1.29 is 5.11 Å². The zero-order chi connectivity index (χ0) is 12.1. The van der Waals surface area contributed by atoms with Crippen LogP contribution in [0.15, 0.2) is 30.3 Å². The van der Waals surface area contributed by atoms with Crippen molar-refractivity contribution in [2.75, 3.05) is 38.2 Å². The Morgan fingerprint density at radius 1 is 1.18 bits per heavy atom. The van der Waals surface area contributed by atoms with Crippen molar-refractivity contribution in [3.63, 3.8) is 0 Å². The summed E-state index contributed by atoms with van der Waals surface area (Å²) in [6.45, 7) is 4.90. The molecule has 1 aromatic carbocycles. The largest absolute Gasteiger partial charge is 0.400 e. The number of hydrogen-bond acceptors (Lipinski definition) is 3. The lowest BCUT2D eigenvalue weighted by atomic mass is 9.86. The standard InChI is InChI=1S/C13H18N2.CH4O/c1-2-4-12(5-3-1)15-9-7-13(11-15)6-8-14-10-13;1-2/h1-5,14H,6-11H2;2H,1H3. The Bertz CT molecular complexity index is 333. The fourth-order valence-corrected chi connectivity index (χ4v) is 2.94. The summed E-state index contributed by atoms with van der Waals surface area (Å²) in [7, 11) is 1.00. The second kappa shape index (κ2) is 5.52. The molecule has 2 N–H and O–H groups in total. The molecule has 2 saturated heterocycles. The van der Waals surface area contributed by atoms with Crippen LogP contribution in [0, 0.1) is 5.41 Å². The van der Waals surface area contributed by atoms with Crippen molar-refractivity contribution in [3.05, 3.63) is 30.3 Å². The molecule has 1 aromatic rings. The van der Waals surface area contributed by atoms with E-state index < -0.39 is 0 Å². The van der Waals surface area contributed by atoms with Crippen LogP contribution in [0.3, 0.4) is 0 Å². The molecule has 3 rings (SSSR count). The minimum atomic E-state index is 0.579. The van der Waals surface area contributed by atoms with Gasteiger partial charge in [0.05, 0.1) is 0 Å². The van der Waals surface area contributed by atoms with Gasteiger partial charge in [0, 0.05) is 37.8 Å². The zero-order valence-corrected chi connectivity index (χ0v) is 10.5. The molecule has 3 heteroatoms. The fraction of sp³-hybridized carbons (Fsp3) is 0.571. The molecular weight excluding hydrogens is 212 g/mol. The summed E-state index contributed by atoms with van der Waals surface area (Å²) >= 11 is 0. The van der Waals surface area contributed by atoms with Gasteiger partial charge in [0.2, 0.25) is 0 Å². The Morgan fingerprint density at radius 2 is 1.94 bits per heavy atom. The molecule has 0 saturated carbocycles. The van der Waals surface area contributed by atoms with Gasteiger partial charge in [-0.15, -0.1) is 0 Å². The Morgan fingerprint density at radius 3 is 2.59 bits per heavy atom. The summed E-state index contributed by atoms with van der Waals surface area (Å²) in [6.07, 6.45) is 2.71. The Kier molecular flexibility index (Phi) is 4.02. The molecule has 0 radical (unpaired) electrons. The van der Waals surface area contributed by atoms with Gasteiger partial charge >= 0.3 is 0 Å². The molecule has 2 heterocycles. The molecule has 0 aromatic heterocycles. The van der Waals surface area contributed by atoms with Crippen LogP contribution in [0.2, 0.25) is 0 Å².